The molecule has 1 N–H and O–H groups in total. The molecule has 0 radical (unpaired) electrons. The molecular weight excluding hydrogens is 246 g/mol. The molecule has 1 aliphatic rings. The highest BCUT2D eigenvalue weighted by atomic mass is 16.6. The zero-order chi connectivity index (χ0) is 13.9. The summed E-state index contributed by atoms with van der Waals surface area (Å²) < 4.78 is 5.46. The Hall–Kier alpha value is -2.13. The number of nitriles is 1. The largest absolute Gasteiger partial charge is 0.484 e. The molecule has 0 spiro atoms. The van der Waals surface area contributed by atoms with Crippen LogP contribution in [0.15, 0.2) is 24.3 Å². The number of para-hydroxylation sites is 2. The molecule has 1 aromatic carbocycles. The molecule has 1 atom stereocenters. The van der Waals surface area contributed by atoms with Crippen molar-refractivity contribution in [3.8, 4) is 11.8 Å². The van der Waals surface area contributed by atoms with Crippen LogP contribution in [0.2, 0.25) is 0 Å². The van der Waals surface area contributed by atoms with Gasteiger partial charge in [-0.15, -0.1) is 0 Å². The van der Waals surface area contributed by atoms with Crippen LogP contribution in [0.4, 0.5) is 5.69 Å². The molecule has 1 fully saturated rings. The standard InChI is InChI=1S/C13H15N3O3/c1-13(8-14,15-10-6-7-10)9-19-12-5-3-2-4-11(12)16(17)18/h2-5,10,15H,6-7,9H2,1H3. The molecule has 6 nitrogen and oxygen atoms in total. The quantitative estimate of drug-likeness (QED) is 0.625. The average molecular weight is 261 g/mol. The van der Waals surface area contributed by atoms with E-state index in [-0.39, 0.29) is 18.0 Å². The van der Waals surface area contributed by atoms with Gasteiger partial charge in [0.1, 0.15) is 12.1 Å². The second-order valence-electron chi connectivity index (χ2n) is 4.88. The van der Waals surface area contributed by atoms with Crippen LogP contribution in [-0.4, -0.2) is 23.1 Å². The third kappa shape index (κ3) is 3.42. The van der Waals surface area contributed by atoms with Crippen molar-refractivity contribution in [2.75, 3.05) is 6.61 Å². The SMILES string of the molecule is CC(C#N)(COc1ccccc1[N+](=O)[O-])NC1CC1. The fraction of sp³-hybridized carbons (Fsp3) is 0.462. The summed E-state index contributed by atoms with van der Waals surface area (Å²) >= 11 is 0. The Bertz CT molecular complexity index is 522. The molecule has 1 aliphatic carbocycles. The number of rotatable bonds is 6. The topological polar surface area (TPSA) is 88.2 Å². The van der Waals surface area contributed by atoms with Crippen LogP contribution in [0.25, 0.3) is 0 Å². The molecule has 1 aromatic rings. The number of hydrogen-bond acceptors (Lipinski definition) is 5. The maximum Gasteiger partial charge on any atom is 0.310 e. The lowest BCUT2D eigenvalue weighted by Gasteiger charge is -2.23. The van der Waals surface area contributed by atoms with Crippen LogP contribution in [0.3, 0.4) is 0 Å². The minimum absolute atomic E-state index is 0.0743. The molecule has 0 saturated heterocycles. The molecule has 0 heterocycles. The first kappa shape index (κ1) is 13.3. The van der Waals surface area contributed by atoms with Crippen LogP contribution in [0.1, 0.15) is 19.8 Å². The van der Waals surface area contributed by atoms with E-state index >= 15 is 0 Å². The molecule has 0 bridgehead atoms. The van der Waals surface area contributed by atoms with Gasteiger partial charge >= 0.3 is 5.69 Å². The monoisotopic (exact) mass is 261 g/mol. The minimum atomic E-state index is -0.828. The third-order valence-electron chi connectivity index (χ3n) is 2.93. The number of ether oxygens (including phenoxy) is 1. The van der Waals surface area contributed by atoms with Gasteiger partial charge in [-0.3, -0.25) is 15.4 Å². The lowest BCUT2D eigenvalue weighted by atomic mass is 10.1. The average Bonchev–Trinajstić information content (AvgIpc) is 3.20. The summed E-state index contributed by atoms with van der Waals surface area (Å²) in [5.41, 5.74) is -0.917. The van der Waals surface area contributed by atoms with Crippen molar-refractivity contribution in [1.82, 2.24) is 5.32 Å². The van der Waals surface area contributed by atoms with Gasteiger partial charge in [0.15, 0.2) is 5.75 Å². The number of nitro groups is 1. The fourth-order valence-electron chi connectivity index (χ4n) is 1.74. The highest BCUT2D eigenvalue weighted by molar-refractivity contribution is 5.45. The Balaban J connectivity index is 2.05. The Kier molecular flexibility index (Phi) is 3.67. The van der Waals surface area contributed by atoms with Gasteiger partial charge in [0.2, 0.25) is 0 Å². The highest BCUT2D eigenvalue weighted by Gasteiger charge is 2.33. The predicted octanol–water partition coefficient (Wildman–Crippen LogP) is 2.01. The second-order valence-corrected chi connectivity index (χ2v) is 4.88. The summed E-state index contributed by atoms with van der Waals surface area (Å²) in [6.07, 6.45) is 2.12. The molecule has 0 aliphatic heterocycles. The van der Waals surface area contributed by atoms with Crippen molar-refractivity contribution in [2.45, 2.75) is 31.3 Å². The molecular formula is C13H15N3O3. The van der Waals surface area contributed by atoms with Crippen molar-refractivity contribution in [3.05, 3.63) is 34.4 Å². The van der Waals surface area contributed by atoms with E-state index in [1.807, 2.05) is 0 Å². The van der Waals surface area contributed by atoms with E-state index in [1.54, 1.807) is 19.1 Å². The molecule has 19 heavy (non-hydrogen) atoms. The highest BCUT2D eigenvalue weighted by Crippen LogP contribution is 2.27. The minimum Gasteiger partial charge on any atom is -0.484 e. The van der Waals surface area contributed by atoms with Gasteiger partial charge in [0, 0.05) is 12.1 Å². The van der Waals surface area contributed by atoms with Gasteiger partial charge in [-0.1, -0.05) is 12.1 Å². The van der Waals surface area contributed by atoms with Crippen LogP contribution in [-0.2, 0) is 0 Å². The van der Waals surface area contributed by atoms with E-state index in [2.05, 4.69) is 11.4 Å². The Labute approximate surface area is 111 Å². The van der Waals surface area contributed by atoms with Gasteiger partial charge in [-0.05, 0) is 25.8 Å². The molecule has 1 saturated carbocycles. The second kappa shape index (κ2) is 5.24. The third-order valence-corrected chi connectivity index (χ3v) is 2.93. The Morgan fingerprint density at radius 2 is 2.26 bits per heavy atom. The first-order valence-corrected chi connectivity index (χ1v) is 6.09. The zero-order valence-corrected chi connectivity index (χ0v) is 10.6. The van der Waals surface area contributed by atoms with E-state index in [0.29, 0.717) is 6.04 Å². The fourth-order valence-corrected chi connectivity index (χ4v) is 1.74. The van der Waals surface area contributed by atoms with Crippen molar-refractivity contribution >= 4 is 5.69 Å². The van der Waals surface area contributed by atoms with Gasteiger partial charge in [-0.2, -0.15) is 5.26 Å². The van der Waals surface area contributed by atoms with Crippen LogP contribution >= 0.6 is 0 Å². The molecule has 1 unspecified atom stereocenters. The number of nitrogens with zero attached hydrogens (tertiary/aromatic N) is 2. The van der Waals surface area contributed by atoms with Crippen molar-refractivity contribution < 1.29 is 9.66 Å². The summed E-state index contributed by atoms with van der Waals surface area (Å²) in [5.74, 6) is 0.187. The number of benzene rings is 1. The lowest BCUT2D eigenvalue weighted by Crippen LogP contribution is -2.47. The smallest absolute Gasteiger partial charge is 0.310 e. The van der Waals surface area contributed by atoms with Gasteiger partial charge in [0.05, 0.1) is 11.0 Å². The van der Waals surface area contributed by atoms with Gasteiger partial charge < -0.3 is 4.74 Å². The number of nitro benzene ring substituents is 1. The maximum absolute atomic E-state index is 10.8. The molecule has 6 heteroatoms. The molecule has 2 rings (SSSR count). The summed E-state index contributed by atoms with van der Waals surface area (Å²) in [6, 6.07) is 8.69. The van der Waals surface area contributed by atoms with E-state index in [9.17, 15) is 15.4 Å². The van der Waals surface area contributed by atoms with Crippen molar-refractivity contribution in [2.24, 2.45) is 0 Å². The summed E-state index contributed by atoms with van der Waals surface area (Å²) in [5, 5.41) is 23.2. The Morgan fingerprint density at radius 3 is 2.84 bits per heavy atom. The Morgan fingerprint density at radius 1 is 1.58 bits per heavy atom. The first-order valence-electron chi connectivity index (χ1n) is 6.09. The zero-order valence-electron chi connectivity index (χ0n) is 10.6. The van der Waals surface area contributed by atoms with E-state index in [0.717, 1.165) is 12.8 Å². The van der Waals surface area contributed by atoms with Crippen molar-refractivity contribution in [1.29, 1.82) is 5.26 Å². The number of nitrogens with one attached hydrogen (secondary N) is 1. The van der Waals surface area contributed by atoms with E-state index in [4.69, 9.17) is 4.74 Å². The van der Waals surface area contributed by atoms with E-state index < -0.39 is 10.5 Å². The van der Waals surface area contributed by atoms with Gasteiger partial charge in [-0.25, -0.2) is 0 Å². The van der Waals surface area contributed by atoms with Crippen LogP contribution in [0, 0.1) is 21.4 Å². The molecule has 100 valence electrons. The van der Waals surface area contributed by atoms with E-state index in [1.165, 1.54) is 12.1 Å². The van der Waals surface area contributed by atoms with Crippen LogP contribution in [0.5, 0.6) is 5.75 Å². The van der Waals surface area contributed by atoms with Crippen molar-refractivity contribution in [3.63, 3.8) is 0 Å². The molecule has 0 amide bonds. The predicted molar refractivity (Wildman–Crippen MR) is 68.8 cm³/mol. The summed E-state index contributed by atoms with van der Waals surface area (Å²) in [7, 11) is 0. The molecule has 0 aromatic heterocycles. The van der Waals surface area contributed by atoms with Crippen LogP contribution < -0.4 is 10.1 Å². The van der Waals surface area contributed by atoms with Gasteiger partial charge in [0.25, 0.3) is 0 Å². The summed E-state index contributed by atoms with van der Waals surface area (Å²) in [6.45, 7) is 1.81. The maximum atomic E-state index is 10.8. The normalized spacial score (nSPS) is 17.3. The summed E-state index contributed by atoms with van der Waals surface area (Å²) in [4.78, 5) is 10.4. The first-order chi connectivity index (χ1) is 9.04. The lowest BCUT2D eigenvalue weighted by molar-refractivity contribution is -0.385. The number of hydrogen-bond donors (Lipinski definition) is 1.